The molecular weight excluding hydrogens is 538 g/mol. The maximum Gasteiger partial charge on any atom is 0.335 e. The highest BCUT2D eigenvalue weighted by molar-refractivity contribution is 6.02. The van der Waals surface area contributed by atoms with Crippen molar-refractivity contribution in [3.05, 3.63) is 193 Å². The zero-order chi connectivity index (χ0) is 30.1. The minimum absolute atomic E-state index is 0.473. The Morgan fingerprint density at radius 1 is 0.591 bits per heavy atom. The fraction of sp³-hybridized carbons (Fsp3) is 0. The fourth-order valence-corrected chi connectivity index (χ4v) is 5.22. The lowest BCUT2D eigenvalue weighted by Crippen LogP contribution is -2.11. The van der Waals surface area contributed by atoms with Gasteiger partial charge in [-0.15, -0.1) is 0 Å². The second-order valence-corrected chi connectivity index (χ2v) is 10.2. The van der Waals surface area contributed by atoms with Crippen molar-refractivity contribution in [2.24, 2.45) is 0 Å². The van der Waals surface area contributed by atoms with Crippen LogP contribution in [0.2, 0.25) is 0 Å². The second kappa shape index (κ2) is 13.4. The van der Waals surface area contributed by atoms with Gasteiger partial charge in [-0.05, 0) is 58.0 Å². The quantitative estimate of drug-likeness (QED) is 0.0751. The summed E-state index contributed by atoms with van der Waals surface area (Å²) in [5.41, 5.74) is 7.69. The van der Waals surface area contributed by atoms with Gasteiger partial charge in [0.2, 0.25) is 0 Å². The number of rotatable bonds is 9. The van der Waals surface area contributed by atoms with E-state index in [1.165, 1.54) is 0 Å². The monoisotopic (exact) mass is 569 g/mol. The SMILES string of the molecule is C=CC(=O)Oc1ccc(C=Cc2cccc3c(N(C=C(c4ccccc4)c4ccccc4)c4ccccc4)cccc23)cc1. The average Bonchev–Trinajstić information content (AvgIpc) is 3.09. The summed E-state index contributed by atoms with van der Waals surface area (Å²) in [6.07, 6.45) is 7.59. The Bertz CT molecular complexity index is 1900. The van der Waals surface area contributed by atoms with Gasteiger partial charge in [0.15, 0.2) is 0 Å². The van der Waals surface area contributed by atoms with Gasteiger partial charge in [0.1, 0.15) is 5.75 Å². The first-order chi connectivity index (χ1) is 21.7. The average molecular weight is 570 g/mol. The molecule has 6 rings (SSSR count). The number of benzene rings is 6. The zero-order valence-corrected chi connectivity index (χ0v) is 24.2. The lowest BCUT2D eigenvalue weighted by molar-refractivity contribution is -0.128. The third-order valence-corrected chi connectivity index (χ3v) is 7.38. The van der Waals surface area contributed by atoms with E-state index in [9.17, 15) is 4.79 Å². The number of hydrogen-bond acceptors (Lipinski definition) is 3. The molecule has 0 aliphatic rings. The number of carbonyl (C=O) groups is 1. The molecule has 0 bridgehead atoms. The van der Waals surface area contributed by atoms with E-state index in [-0.39, 0.29) is 0 Å². The van der Waals surface area contributed by atoms with Crippen LogP contribution in [-0.2, 0) is 4.79 Å². The number of hydrogen-bond donors (Lipinski definition) is 0. The Hall–Kier alpha value is -5.93. The number of carbonyl (C=O) groups excluding carboxylic acids is 1. The molecule has 0 amide bonds. The number of fused-ring (bicyclic) bond motifs is 1. The predicted molar refractivity (Wildman–Crippen MR) is 184 cm³/mol. The standard InChI is InChI=1S/C41H31NO2/c1-2-41(43)44-36-28-25-31(26-29-36)24-27-34-18-12-22-38-37(34)21-13-23-40(38)42(35-19-10-5-11-20-35)30-39(32-14-6-3-7-15-32)33-16-8-4-9-17-33/h2-30H,1H2. The molecule has 44 heavy (non-hydrogen) atoms. The van der Waals surface area contributed by atoms with Crippen molar-refractivity contribution >= 4 is 45.8 Å². The number of esters is 1. The molecule has 0 radical (unpaired) electrons. The summed E-state index contributed by atoms with van der Waals surface area (Å²) in [5, 5.41) is 2.29. The molecule has 0 unspecified atom stereocenters. The third-order valence-electron chi connectivity index (χ3n) is 7.38. The highest BCUT2D eigenvalue weighted by Crippen LogP contribution is 2.37. The Morgan fingerprint density at radius 2 is 1.18 bits per heavy atom. The van der Waals surface area contributed by atoms with Crippen molar-refractivity contribution < 1.29 is 9.53 Å². The molecule has 0 atom stereocenters. The highest BCUT2D eigenvalue weighted by atomic mass is 16.5. The molecular formula is C41H31NO2. The van der Waals surface area contributed by atoms with Crippen molar-refractivity contribution in [2.45, 2.75) is 0 Å². The van der Waals surface area contributed by atoms with Crippen LogP contribution < -0.4 is 9.64 Å². The van der Waals surface area contributed by atoms with Crippen molar-refractivity contribution in [3.63, 3.8) is 0 Å². The van der Waals surface area contributed by atoms with E-state index in [1.807, 2.05) is 30.3 Å². The molecule has 0 N–H and O–H groups in total. The summed E-state index contributed by atoms with van der Waals surface area (Å²) >= 11 is 0. The number of anilines is 2. The first-order valence-corrected chi connectivity index (χ1v) is 14.5. The van der Waals surface area contributed by atoms with Crippen LogP contribution in [0.25, 0.3) is 28.5 Å². The minimum Gasteiger partial charge on any atom is -0.423 e. The minimum atomic E-state index is -0.473. The molecule has 0 aliphatic heterocycles. The van der Waals surface area contributed by atoms with Gasteiger partial charge >= 0.3 is 5.97 Å². The van der Waals surface area contributed by atoms with Crippen LogP contribution in [0.4, 0.5) is 11.4 Å². The van der Waals surface area contributed by atoms with E-state index < -0.39 is 5.97 Å². The predicted octanol–water partition coefficient (Wildman–Crippen LogP) is 10.3. The van der Waals surface area contributed by atoms with Crippen LogP contribution in [0.1, 0.15) is 22.3 Å². The van der Waals surface area contributed by atoms with E-state index in [0.717, 1.165) is 56.1 Å². The maximum atomic E-state index is 11.5. The topological polar surface area (TPSA) is 29.5 Å². The van der Waals surface area contributed by atoms with Gasteiger partial charge in [-0.25, -0.2) is 4.79 Å². The molecule has 3 nitrogen and oxygen atoms in total. The van der Waals surface area contributed by atoms with Gasteiger partial charge in [0.05, 0.1) is 5.69 Å². The van der Waals surface area contributed by atoms with Gasteiger partial charge in [0.25, 0.3) is 0 Å². The van der Waals surface area contributed by atoms with Gasteiger partial charge in [-0.1, -0.05) is 140 Å². The molecule has 0 aliphatic carbocycles. The first kappa shape index (κ1) is 28.2. The van der Waals surface area contributed by atoms with E-state index in [1.54, 1.807) is 12.1 Å². The van der Waals surface area contributed by atoms with Crippen LogP contribution in [0.5, 0.6) is 5.75 Å². The van der Waals surface area contributed by atoms with Gasteiger partial charge < -0.3 is 9.64 Å². The molecule has 0 spiro atoms. The van der Waals surface area contributed by atoms with Crippen molar-refractivity contribution in [1.29, 1.82) is 0 Å². The van der Waals surface area contributed by atoms with Crippen LogP contribution in [0, 0.1) is 0 Å². The third kappa shape index (κ3) is 6.43. The molecule has 0 heterocycles. The normalized spacial score (nSPS) is 10.8. The van der Waals surface area contributed by atoms with Crippen molar-refractivity contribution in [3.8, 4) is 5.75 Å². The summed E-state index contributed by atoms with van der Waals surface area (Å²) in [4.78, 5) is 13.8. The van der Waals surface area contributed by atoms with E-state index in [2.05, 4.69) is 139 Å². The van der Waals surface area contributed by atoms with Crippen LogP contribution in [0.3, 0.4) is 0 Å². The van der Waals surface area contributed by atoms with E-state index in [0.29, 0.717) is 5.75 Å². The molecule has 0 saturated heterocycles. The van der Waals surface area contributed by atoms with Gasteiger partial charge in [-0.2, -0.15) is 0 Å². The maximum absolute atomic E-state index is 11.5. The second-order valence-electron chi connectivity index (χ2n) is 10.2. The molecule has 3 heteroatoms. The molecule has 0 fully saturated rings. The van der Waals surface area contributed by atoms with E-state index >= 15 is 0 Å². The number of ether oxygens (including phenoxy) is 1. The highest BCUT2D eigenvalue weighted by Gasteiger charge is 2.15. The van der Waals surface area contributed by atoms with Gasteiger partial charge in [0, 0.05) is 28.9 Å². The van der Waals surface area contributed by atoms with Crippen molar-refractivity contribution in [2.75, 3.05) is 4.90 Å². The Kier molecular flexibility index (Phi) is 8.57. The van der Waals surface area contributed by atoms with Crippen LogP contribution in [-0.4, -0.2) is 5.97 Å². The summed E-state index contributed by atoms with van der Waals surface area (Å²) < 4.78 is 5.20. The Morgan fingerprint density at radius 3 is 1.82 bits per heavy atom. The number of para-hydroxylation sites is 1. The van der Waals surface area contributed by atoms with Gasteiger partial charge in [-0.3, -0.25) is 0 Å². The first-order valence-electron chi connectivity index (χ1n) is 14.5. The lowest BCUT2D eigenvalue weighted by Gasteiger charge is -2.25. The molecule has 6 aromatic carbocycles. The summed E-state index contributed by atoms with van der Waals surface area (Å²) in [6.45, 7) is 3.45. The fourth-order valence-electron chi connectivity index (χ4n) is 5.22. The molecule has 0 aromatic heterocycles. The molecule has 212 valence electrons. The zero-order valence-electron chi connectivity index (χ0n) is 24.2. The van der Waals surface area contributed by atoms with Crippen LogP contribution in [0.15, 0.2) is 171 Å². The molecule has 6 aromatic rings. The lowest BCUT2D eigenvalue weighted by atomic mass is 9.97. The largest absolute Gasteiger partial charge is 0.423 e. The van der Waals surface area contributed by atoms with Crippen molar-refractivity contribution in [1.82, 2.24) is 0 Å². The Labute approximate surface area is 258 Å². The summed E-state index contributed by atoms with van der Waals surface area (Å²) in [6, 6.07) is 51.8. The smallest absolute Gasteiger partial charge is 0.335 e. The van der Waals surface area contributed by atoms with E-state index in [4.69, 9.17) is 4.74 Å². The van der Waals surface area contributed by atoms with Crippen LogP contribution >= 0.6 is 0 Å². The number of nitrogens with zero attached hydrogens (tertiary/aromatic N) is 1. The molecule has 0 saturated carbocycles. The Balaban J connectivity index is 1.44. The summed E-state index contributed by atoms with van der Waals surface area (Å²) in [7, 11) is 0. The summed E-state index contributed by atoms with van der Waals surface area (Å²) in [5.74, 6) is 0.0141.